The molecule has 0 atom stereocenters. The van der Waals surface area contributed by atoms with Gasteiger partial charge in [0.15, 0.2) is 0 Å². The van der Waals surface area contributed by atoms with Gasteiger partial charge >= 0.3 is 0 Å². The molecule has 0 unspecified atom stereocenters. The van der Waals surface area contributed by atoms with Gasteiger partial charge in [-0.05, 0) is 49.2 Å². The van der Waals surface area contributed by atoms with Crippen LogP contribution in [0.25, 0.3) is 34.6 Å². The first kappa shape index (κ1) is 18.3. The fourth-order valence-electron chi connectivity index (χ4n) is 3.56. The summed E-state index contributed by atoms with van der Waals surface area (Å²) >= 11 is 0. The third-order valence-corrected chi connectivity index (χ3v) is 5.14. The van der Waals surface area contributed by atoms with E-state index in [0.29, 0.717) is 30.4 Å². The lowest BCUT2D eigenvalue weighted by Crippen LogP contribution is -2.28. The van der Waals surface area contributed by atoms with Crippen LogP contribution >= 0.6 is 0 Å². The van der Waals surface area contributed by atoms with E-state index in [9.17, 15) is 4.79 Å². The molecule has 0 aliphatic carbocycles. The molecule has 0 radical (unpaired) electrons. The van der Waals surface area contributed by atoms with Crippen molar-refractivity contribution < 1.29 is 13.7 Å². The van der Waals surface area contributed by atoms with Gasteiger partial charge < -0.3 is 13.8 Å². The Hall–Kier alpha value is -3.75. The first-order valence-electron chi connectivity index (χ1n) is 9.93. The number of hydrogen-bond acceptors (Lipinski definition) is 7. The number of amides is 1. The number of carbonyl (C=O) groups is 1. The number of fused-ring (bicyclic) bond motifs is 1. The SMILES string of the molecule is O=C(CCn1nnc2cc(-c3noc(/C=C/c4ccco4)n3)ccc21)N1CCCC1. The van der Waals surface area contributed by atoms with E-state index in [-0.39, 0.29) is 5.91 Å². The molecule has 1 amide bonds. The van der Waals surface area contributed by atoms with Gasteiger partial charge in [0.2, 0.25) is 11.7 Å². The third kappa shape index (κ3) is 3.73. The summed E-state index contributed by atoms with van der Waals surface area (Å²) in [4.78, 5) is 18.6. The average Bonchev–Trinajstić information content (AvgIpc) is 3.56. The van der Waals surface area contributed by atoms with Crippen molar-refractivity contribution in [3.63, 3.8) is 0 Å². The smallest absolute Gasteiger partial charge is 0.251 e. The lowest BCUT2D eigenvalue weighted by atomic mass is 10.2. The van der Waals surface area contributed by atoms with Gasteiger partial charge in [0.05, 0.1) is 18.3 Å². The molecule has 4 heterocycles. The minimum Gasteiger partial charge on any atom is -0.465 e. The van der Waals surface area contributed by atoms with Crippen LogP contribution in [0.1, 0.15) is 30.9 Å². The molecule has 30 heavy (non-hydrogen) atoms. The third-order valence-electron chi connectivity index (χ3n) is 5.14. The highest BCUT2D eigenvalue weighted by Crippen LogP contribution is 2.22. The second kappa shape index (κ2) is 7.94. The van der Waals surface area contributed by atoms with Gasteiger partial charge in [-0.3, -0.25) is 4.79 Å². The molecular weight excluding hydrogens is 384 g/mol. The van der Waals surface area contributed by atoms with Crippen molar-refractivity contribution in [3.05, 3.63) is 48.2 Å². The van der Waals surface area contributed by atoms with Crippen LogP contribution in [-0.4, -0.2) is 49.0 Å². The molecule has 5 rings (SSSR count). The molecule has 0 N–H and O–H groups in total. The summed E-state index contributed by atoms with van der Waals surface area (Å²) in [5.74, 6) is 1.73. The van der Waals surface area contributed by atoms with Gasteiger partial charge in [-0.1, -0.05) is 10.4 Å². The van der Waals surface area contributed by atoms with E-state index < -0.39 is 0 Å². The number of aromatic nitrogens is 5. The number of nitrogens with zero attached hydrogens (tertiary/aromatic N) is 6. The van der Waals surface area contributed by atoms with E-state index in [1.165, 1.54) is 0 Å². The molecule has 0 bridgehead atoms. The Morgan fingerprint density at radius 1 is 1.17 bits per heavy atom. The highest BCUT2D eigenvalue weighted by molar-refractivity contribution is 5.80. The minimum atomic E-state index is 0.176. The van der Waals surface area contributed by atoms with Crippen LogP contribution in [0.4, 0.5) is 0 Å². The van der Waals surface area contributed by atoms with Crippen LogP contribution in [-0.2, 0) is 11.3 Å². The van der Waals surface area contributed by atoms with Crippen LogP contribution in [0, 0.1) is 0 Å². The second-order valence-corrected chi connectivity index (χ2v) is 7.16. The Labute approximate surface area is 172 Å². The van der Waals surface area contributed by atoms with Gasteiger partial charge in [-0.2, -0.15) is 4.98 Å². The largest absolute Gasteiger partial charge is 0.465 e. The van der Waals surface area contributed by atoms with Crippen molar-refractivity contribution in [1.82, 2.24) is 30.0 Å². The number of rotatable bonds is 6. The summed E-state index contributed by atoms with van der Waals surface area (Å²) in [5.41, 5.74) is 2.37. The van der Waals surface area contributed by atoms with E-state index in [1.807, 2.05) is 35.2 Å². The molecule has 3 aromatic heterocycles. The topological polar surface area (TPSA) is 103 Å². The van der Waals surface area contributed by atoms with Crippen LogP contribution in [0.15, 0.2) is 45.5 Å². The Morgan fingerprint density at radius 2 is 2.07 bits per heavy atom. The molecule has 1 aliphatic heterocycles. The fraction of sp³-hybridized carbons (Fsp3) is 0.286. The van der Waals surface area contributed by atoms with Gasteiger partial charge in [0.25, 0.3) is 5.89 Å². The lowest BCUT2D eigenvalue weighted by molar-refractivity contribution is -0.130. The van der Waals surface area contributed by atoms with Gasteiger partial charge in [0, 0.05) is 31.1 Å². The maximum absolute atomic E-state index is 12.3. The molecule has 4 aromatic rings. The number of aryl methyl sites for hydroxylation is 1. The standard InChI is InChI=1S/C21H20N6O3/c28-20(26-10-1-2-11-26)9-12-27-18-7-5-15(14-17(18)23-25-27)21-22-19(30-24-21)8-6-16-4-3-13-29-16/h3-8,13-14H,1-2,9-12H2/b8-6+. The summed E-state index contributed by atoms with van der Waals surface area (Å²) in [6.45, 7) is 2.24. The van der Waals surface area contributed by atoms with Crippen LogP contribution in [0.5, 0.6) is 0 Å². The van der Waals surface area contributed by atoms with Crippen LogP contribution in [0.2, 0.25) is 0 Å². The predicted molar refractivity (Wildman–Crippen MR) is 109 cm³/mol. The number of carbonyl (C=O) groups excluding carboxylic acids is 1. The fourth-order valence-corrected chi connectivity index (χ4v) is 3.56. The monoisotopic (exact) mass is 404 g/mol. The van der Waals surface area contributed by atoms with Crippen molar-refractivity contribution >= 4 is 29.1 Å². The molecule has 1 aliphatic rings. The molecular formula is C21H20N6O3. The maximum Gasteiger partial charge on any atom is 0.251 e. The highest BCUT2D eigenvalue weighted by atomic mass is 16.5. The van der Waals surface area contributed by atoms with Gasteiger partial charge in [0.1, 0.15) is 11.3 Å². The normalized spacial score (nSPS) is 14.3. The minimum absolute atomic E-state index is 0.176. The number of benzene rings is 1. The van der Waals surface area contributed by atoms with E-state index in [0.717, 1.165) is 42.5 Å². The molecule has 152 valence electrons. The molecule has 1 aromatic carbocycles. The number of likely N-dealkylation sites (tertiary alicyclic amines) is 1. The van der Waals surface area contributed by atoms with Gasteiger partial charge in [-0.25, -0.2) is 4.68 Å². The first-order chi connectivity index (χ1) is 14.8. The number of furan rings is 1. The Bertz CT molecular complexity index is 1180. The van der Waals surface area contributed by atoms with E-state index in [4.69, 9.17) is 8.94 Å². The second-order valence-electron chi connectivity index (χ2n) is 7.16. The molecule has 0 spiro atoms. The number of hydrogen-bond donors (Lipinski definition) is 0. The van der Waals surface area contributed by atoms with Crippen LogP contribution in [0.3, 0.4) is 0 Å². The Morgan fingerprint density at radius 3 is 2.90 bits per heavy atom. The highest BCUT2D eigenvalue weighted by Gasteiger charge is 2.18. The average molecular weight is 404 g/mol. The summed E-state index contributed by atoms with van der Waals surface area (Å²) in [7, 11) is 0. The summed E-state index contributed by atoms with van der Waals surface area (Å²) in [6, 6.07) is 9.33. The molecule has 1 saturated heterocycles. The van der Waals surface area contributed by atoms with Crippen molar-refractivity contribution in [3.8, 4) is 11.4 Å². The van der Waals surface area contributed by atoms with E-state index in [1.54, 1.807) is 23.1 Å². The Kier molecular flexibility index (Phi) is 4.84. The summed E-state index contributed by atoms with van der Waals surface area (Å²) < 4.78 is 12.3. The van der Waals surface area contributed by atoms with Crippen molar-refractivity contribution in [2.24, 2.45) is 0 Å². The molecule has 9 heteroatoms. The predicted octanol–water partition coefficient (Wildman–Crippen LogP) is 3.26. The quantitative estimate of drug-likeness (QED) is 0.486. The molecule has 1 fully saturated rings. The van der Waals surface area contributed by atoms with Crippen molar-refractivity contribution in [1.29, 1.82) is 0 Å². The zero-order chi connectivity index (χ0) is 20.3. The summed E-state index contributed by atoms with van der Waals surface area (Å²) in [5, 5.41) is 12.5. The van der Waals surface area contributed by atoms with Crippen LogP contribution < -0.4 is 0 Å². The van der Waals surface area contributed by atoms with Crippen molar-refractivity contribution in [2.75, 3.05) is 13.1 Å². The zero-order valence-electron chi connectivity index (χ0n) is 16.3. The van der Waals surface area contributed by atoms with Crippen molar-refractivity contribution in [2.45, 2.75) is 25.8 Å². The molecule has 0 saturated carbocycles. The first-order valence-corrected chi connectivity index (χ1v) is 9.93. The Balaban J connectivity index is 1.29. The van der Waals surface area contributed by atoms with E-state index >= 15 is 0 Å². The van der Waals surface area contributed by atoms with Gasteiger partial charge in [-0.15, -0.1) is 5.10 Å². The molecule has 9 nitrogen and oxygen atoms in total. The lowest BCUT2D eigenvalue weighted by Gasteiger charge is -2.14. The van der Waals surface area contributed by atoms with E-state index in [2.05, 4.69) is 20.5 Å². The zero-order valence-corrected chi connectivity index (χ0v) is 16.3. The summed E-state index contributed by atoms with van der Waals surface area (Å²) in [6.07, 6.45) is 7.67. The maximum atomic E-state index is 12.3.